The van der Waals surface area contributed by atoms with E-state index in [1.165, 1.54) is 17.4 Å². The number of amides is 1. The van der Waals surface area contributed by atoms with Crippen LogP contribution in [0.3, 0.4) is 0 Å². The second-order valence-corrected chi connectivity index (χ2v) is 8.94. The number of benzene rings is 2. The molecule has 3 aromatic rings. The Morgan fingerprint density at radius 1 is 1.21 bits per heavy atom. The SMILES string of the molecule is C=CCc1ccccc1OCCOc1ccc(Br)cc1C=C(C#N)C(=O)Nc1nnc(CC)s1. The molecule has 1 aromatic heterocycles. The van der Waals surface area contributed by atoms with Crippen LogP contribution in [0.1, 0.15) is 23.1 Å². The molecule has 2 aromatic carbocycles. The van der Waals surface area contributed by atoms with Gasteiger partial charge in [-0.1, -0.05) is 58.5 Å². The molecule has 0 atom stereocenters. The number of allylic oxidation sites excluding steroid dienone is 1. The molecule has 0 aliphatic heterocycles. The van der Waals surface area contributed by atoms with Crippen molar-refractivity contribution in [2.45, 2.75) is 19.8 Å². The van der Waals surface area contributed by atoms with E-state index in [4.69, 9.17) is 9.47 Å². The Morgan fingerprint density at radius 3 is 2.68 bits per heavy atom. The fourth-order valence-corrected chi connectivity index (χ4v) is 4.00. The molecule has 0 aliphatic rings. The molecule has 1 amide bonds. The summed E-state index contributed by atoms with van der Waals surface area (Å²) in [5.41, 5.74) is 1.56. The van der Waals surface area contributed by atoms with Gasteiger partial charge in [0.25, 0.3) is 5.91 Å². The number of anilines is 1. The minimum atomic E-state index is -0.561. The van der Waals surface area contributed by atoms with Crippen LogP contribution in [0.25, 0.3) is 6.08 Å². The largest absolute Gasteiger partial charge is 0.490 e. The van der Waals surface area contributed by atoms with Crippen molar-refractivity contribution in [3.63, 3.8) is 0 Å². The summed E-state index contributed by atoms with van der Waals surface area (Å²) < 4.78 is 12.6. The number of rotatable bonds is 11. The minimum absolute atomic E-state index is 0.0780. The van der Waals surface area contributed by atoms with Gasteiger partial charge in [0.05, 0.1) is 0 Å². The van der Waals surface area contributed by atoms with Crippen molar-refractivity contribution in [2.24, 2.45) is 0 Å². The van der Waals surface area contributed by atoms with Gasteiger partial charge in [0.2, 0.25) is 5.13 Å². The molecule has 34 heavy (non-hydrogen) atoms. The fourth-order valence-electron chi connectivity index (χ4n) is 2.95. The number of nitrogens with one attached hydrogen (secondary N) is 1. The van der Waals surface area contributed by atoms with Crippen molar-refractivity contribution >= 4 is 44.4 Å². The summed E-state index contributed by atoms with van der Waals surface area (Å²) >= 11 is 4.70. The molecular formula is C25H23BrN4O3S. The molecule has 1 N–H and O–H groups in total. The van der Waals surface area contributed by atoms with Crippen molar-refractivity contribution in [1.29, 1.82) is 5.26 Å². The van der Waals surface area contributed by atoms with Crippen LogP contribution in [0.2, 0.25) is 0 Å². The number of hydrogen-bond donors (Lipinski definition) is 1. The Kier molecular flexibility index (Phi) is 9.38. The van der Waals surface area contributed by atoms with Crippen molar-refractivity contribution in [3.05, 3.63) is 81.3 Å². The summed E-state index contributed by atoms with van der Waals surface area (Å²) in [6.07, 6.45) is 4.75. The highest BCUT2D eigenvalue weighted by Gasteiger charge is 2.14. The summed E-state index contributed by atoms with van der Waals surface area (Å²) in [6.45, 7) is 6.34. The molecular weight excluding hydrogens is 516 g/mol. The maximum Gasteiger partial charge on any atom is 0.268 e. The van der Waals surface area contributed by atoms with E-state index in [0.717, 1.165) is 27.2 Å². The van der Waals surface area contributed by atoms with E-state index in [-0.39, 0.29) is 12.2 Å². The zero-order chi connectivity index (χ0) is 24.3. The maximum absolute atomic E-state index is 12.6. The van der Waals surface area contributed by atoms with Crippen molar-refractivity contribution in [1.82, 2.24) is 10.2 Å². The van der Waals surface area contributed by atoms with Crippen LogP contribution in [-0.4, -0.2) is 29.3 Å². The van der Waals surface area contributed by atoms with Gasteiger partial charge in [-0.2, -0.15) is 5.26 Å². The third kappa shape index (κ3) is 7.01. The highest BCUT2D eigenvalue weighted by atomic mass is 79.9. The maximum atomic E-state index is 12.6. The topological polar surface area (TPSA) is 97.1 Å². The Hall–Kier alpha value is -3.48. The predicted molar refractivity (Wildman–Crippen MR) is 137 cm³/mol. The molecule has 0 unspecified atom stereocenters. The Bertz CT molecular complexity index is 1230. The van der Waals surface area contributed by atoms with Crippen LogP contribution < -0.4 is 14.8 Å². The zero-order valence-corrected chi connectivity index (χ0v) is 21.0. The van der Waals surface area contributed by atoms with Gasteiger partial charge >= 0.3 is 0 Å². The molecule has 0 spiro atoms. The molecule has 7 nitrogen and oxygen atoms in total. The van der Waals surface area contributed by atoms with Crippen molar-refractivity contribution in [3.8, 4) is 17.6 Å². The summed E-state index contributed by atoms with van der Waals surface area (Å²) in [4.78, 5) is 12.6. The van der Waals surface area contributed by atoms with Gasteiger partial charge in [-0.3, -0.25) is 10.1 Å². The number of carbonyl (C=O) groups excluding carboxylic acids is 1. The van der Waals surface area contributed by atoms with E-state index in [1.807, 2.05) is 49.4 Å². The number of ether oxygens (including phenoxy) is 2. The molecule has 3 rings (SSSR count). The quantitative estimate of drug-likeness (QED) is 0.148. The number of halogens is 1. The molecule has 0 saturated carbocycles. The van der Waals surface area contributed by atoms with Crippen LogP contribution in [0.4, 0.5) is 5.13 Å². The van der Waals surface area contributed by atoms with Crippen LogP contribution in [0.15, 0.2) is 65.2 Å². The average molecular weight is 539 g/mol. The van der Waals surface area contributed by atoms with Gasteiger partial charge in [-0.25, -0.2) is 0 Å². The van der Waals surface area contributed by atoms with Crippen LogP contribution in [-0.2, 0) is 17.6 Å². The first-order valence-electron chi connectivity index (χ1n) is 10.5. The normalized spacial score (nSPS) is 10.9. The number of aryl methyl sites for hydroxylation is 1. The van der Waals surface area contributed by atoms with Gasteiger partial charge in [0, 0.05) is 10.0 Å². The lowest BCUT2D eigenvalue weighted by molar-refractivity contribution is -0.112. The lowest BCUT2D eigenvalue weighted by Crippen LogP contribution is -2.13. The van der Waals surface area contributed by atoms with E-state index in [2.05, 4.69) is 38.0 Å². The summed E-state index contributed by atoms with van der Waals surface area (Å²) in [6, 6.07) is 15.1. The molecule has 0 aliphatic carbocycles. The van der Waals surface area contributed by atoms with E-state index < -0.39 is 5.91 Å². The standard InChI is InChI=1S/C25H23BrN4O3S/c1-3-7-17-8-5-6-9-21(17)32-12-13-33-22-11-10-20(26)15-18(22)14-19(16-27)24(31)28-25-30-29-23(4-2)34-25/h3,5-6,8-11,14-15H,1,4,7,12-13H2,2H3,(H,28,30,31). The second-order valence-electron chi connectivity index (χ2n) is 6.96. The lowest BCUT2D eigenvalue weighted by atomic mass is 10.1. The number of nitriles is 1. The Labute approximate surface area is 210 Å². The Morgan fingerprint density at radius 2 is 1.97 bits per heavy atom. The van der Waals surface area contributed by atoms with Gasteiger partial charge in [-0.05, 0) is 48.7 Å². The average Bonchev–Trinajstić information content (AvgIpc) is 3.29. The molecule has 174 valence electrons. The third-order valence-electron chi connectivity index (χ3n) is 4.56. The zero-order valence-electron chi connectivity index (χ0n) is 18.6. The monoisotopic (exact) mass is 538 g/mol. The number of hydrogen-bond acceptors (Lipinski definition) is 7. The van der Waals surface area contributed by atoms with Crippen LogP contribution in [0.5, 0.6) is 11.5 Å². The van der Waals surface area contributed by atoms with Crippen LogP contribution in [0, 0.1) is 11.3 Å². The number of para-hydroxylation sites is 1. The molecule has 0 bridgehead atoms. The first kappa shape index (κ1) is 25.1. The smallest absolute Gasteiger partial charge is 0.268 e. The Balaban J connectivity index is 1.68. The first-order chi connectivity index (χ1) is 16.5. The number of nitrogens with zero attached hydrogens (tertiary/aromatic N) is 3. The minimum Gasteiger partial charge on any atom is -0.490 e. The summed E-state index contributed by atoms with van der Waals surface area (Å²) in [5.74, 6) is 0.749. The predicted octanol–water partition coefficient (Wildman–Crippen LogP) is 5.59. The highest BCUT2D eigenvalue weighted by Crippen LogP contribution is 2.26. The molecule has 0 saturated heterocycles. The molecule has 1 heterocycles. The lowest BCUT2D eigenvalue weighted by Gasteiger charge is -2.13. The van der Waals surface area contributed by atoms with E-state index in [1.54, 1.807) is 12.1 Å². The fraction of sp³-hybridized carbons (Fsp3) is 0.200. The molecule has 9 heteroatoms. The van der Waals surface area contributed by atoms with Gasteiger partial charge in [0.15, 0.2) is 0 Å². The van der Waals surface area contributed by atoms with Crippen molar-refractivity contribution < 1.29 is 14.3 Å². The highest BCUT2D eigenvalue weighted by molar-refractivity contribution is 9.10. The van der Waals surface area contributed by atoms with Gasteiger partial charge in [0.1, 0.15) is 41.4 Å². The summed E-state index contributed by atoms with van der Waals surface area (Å²) in [5, 5.41) is 21.2. The van der Waals surface area contributed by atoms with Crippen LogP contribution >= 0.6 is 27.3 Å². The third-order valence-corrected chi connectivity index (χ3v) is 6.04. The van der Waals surface area contributed by atoms with E-state index >= 15 is 0 Å². The summed E-state index contributed by atoms with van der Waals surface area (Å²) in [7, 11) is 0. The number of aromatic nitrogens is 2. The van der Waals surface area contributed by atoms with E-state index in [0.29, 0.717) is 29.5 Å². The second kappa shape index (κ2) is 12.7. The first-order valence-corrected chi connectivity index (χ1v) is 12.1. The van der Waals surface area contributed by atoms with E-state index in [9.17, 15) is 10.1 Å². The number of carbonyl (C=O) groups is 1. The molecule has 0 radical (unpaired) electrons. The van der Waals surface area contributed by atoms with Gasteiger partial charge in [-0.15, -0.1) is 16.8 Å². The molecule has 0 fully saturated rings. The van der Waals surface area contributed by atoms with Gasteiger partial charge < -0.3 is 9.47 Å². The van der Waals surface area contributed by atoms with Crippen molar-refractivity contribution in [2.75, 3.05) is 18.5 Å².